The molecule has 1 heterocycles. The minimum atomic E-state index is -0.0206. The summed E-state index contributed by atoms with van der Waals surface area (Å²) in [5.74, 6) is -0.0206. The molecule has 2 aromatic carbocycles. The molecule has 0 unspecified atom stereocenters. The van der Waals surface area contributed by atoms with Crippen LogP contribution in [0.5, 0.6) is 0 Å². The highest BCUT2D eigenvalue weighted by molar-refractivity contribution is 6.00. The Morgan fingerprint density at radius 1 is 1.05 bits per heavy atom. The summed E-state index contributed by atoms with van der Waals surface area (Å²) < 4.78 is 0. The Kier molecular flexibility index (Phi) is 4.71. The molecule has 0 spiro atoms. The Balaban J connectivity index is 1.74. The Bertz CT molecular complexity index is 621. The predicted molar refractivity (Wildman–Crippen MR) is 89.5 cm³/mol. The predicted octanol–water partition coefficient (Wildman–Crippen LogP) is 2.91. The van der Waals surface area contributed by atoms with Crippen LogP contribution < -0.4 is 16.0 Å². The number of hydrogen-bond acceptors (Lipinski definition) is 3. The van der Waals surface area contributed by atoms with Crippen LogP contribution in [0.4, 0.5) is 11.4 Å². The summed E-state index contributed by atoms with van der Waals surface area (Å²) in [5.41, 5.74) is 2.48. The standard InChI is InChI=1S/C18H21N3O/c22-18(21-15-9-6-12-19-13-15)16-10-4-5-11-17(16)20-14-7-2-1-3-8-14/h1-5,7-8,10-11,15,19-20H,6,9,12-13H2,(H,21,22)/t15-/m0/s1. The summed E-state index contributed by atoms with van der Waals surface area (Å²) in [4.78, 5) is 12.5. The molecule has 3 rings (SSSR count). The van der Waals surface area contributed by atoms with Crippen LogP contribution in [0.2, 0.25) is 0 Å². The minimum absolute atomic E-state index is 0.0206. The number of hydrogen-bond donors (Lipinski definition) is 3. The van der Waals surface area contributed by atoms with Gasteiger partial charge in [-0.3, -0.25) is 4.79 Å². The average molecular weight is 295 g/mol. The monoisotopic (exact) mass is 295 g/mol. The van der Waals surface area contributed by atoms with Crippen LogP contribution in [0.15, 0.2) is 54.6 Å². The van der Waals surface area contributed by atoms with E-state index in [9.17, 15) is 4.79 Å². The fourth-order valence-electron chi connectivity index (χ4n) is 2.71. The molecular formula is C18H21N3O. The van der Waals surface area contributed by atoms with Crippen LogP contribution >= 0.6 is 0 Å². The Morgan fingerprint density at radius 2 is 1.82 bits per heavy atom. The molecule has 1 amide bonds. The Hall–Kier alpha value is -2.33. The quantitative estimate of drug-likeness (QED) is 0.813. The SMILES string of the molecule is O=C(N[C@H]1CCCNC1)c1ccccc1Nc1ccccc1. The molecule has 1 fully saturated rings. The van der Waals surface area contributed by atoms with Gasteiger partial charge in [0.1, 0.15) is 0 Å². The van der Waals surface area contributed by atoms with Gasteiger partial charge >= 0.3 is 0 Å². The average Bonchev–Trinajstić information content (AvgIpc) is 2.57. The molecule has 114 valence electrons. The second-order valence-electron chi connectivity index (χ2n) is 5.55. The van der Waals surface area contributed by atoms with Crippen molar-refractivity contribution in [3.05, 3.63) is 60.2 Å². The van der Waals surface area contributed by atoms with Crippen molar-refractivity contribution in [2.45, 2.75) is 18.9 Å². The van der Waals surface area contributed by atoms with Gasteiger partial charge in [-0.1, -0.05) is 30.3 Å². The van der Waals surface area contributed by atoms with Crippen molar-refractivity contribution in [2.24, 2.45) is 0 Å². The minimum Gasteiger partial charge on any atom is -0.355 e. The van der Waals surface area contributed by atoms with Crippen molar-refractivity contribution in [3.63, 3.8) is 0 Å². The zero-order chi connectivity index (χ0) is 15.2. The fourth-order valence-corrected chi connectivity index (χ4v) is 2.71. The summed E-state index contributed by atoms with van der Waals surface area (Å²) in [7, 11) is 0. The second-order valence-corrected chi connectivity index (χ2v) is 5.55. The lowest BCUT2D eigenvalue weighted by Crippen LogP contribution is -2.45. The molecule has 22 heavy (non-hydrogen) atoms. The van der Waals surface area contributed by atoms with Crippen molar-refractivity contribution >= 4 is 17.3 Å². The Labute approximate surface area is 130 Å². The Morgan fingerprint density at radius 3 is 2.59 bits per heavy atom. The third-order valence-corrected chi connectivity index (χ3v) is 3.86. The van der Waals surface area contributed by atoms with Gasteiger partial charge in [-0.05, 0) is 43.7 Å². The smallest absolute Gasteiger partial charge is 0.253 e. The largest absolute Gasteiger partial charge is 0.355 e. The first kappa shape index (κ1) is 14.6. The maximum atomic E-state index is 12.5. The molecule has 1 atom stereocenters. The van der Waals surface area contributed by atoms with E-state index < -0.39 is 0 Å². The second kappa shape index (κ2) is 7.09. The first-order valence-electron chi connectivity index (χ1n) is 7.75. The number of rotatable bonds is 4. The molecule has 1 aliphatic rings. The highest BCUT2D eigenvalue weighted by Gasteiger charge is 2.18. The zero-order valence-electron chi connectivity index (χ0n) is 12.5. The zero-order valence-corrected chi connectivity index (χ0v) is 12.5. The molecule has 4 nitrogen and oxygen atoms in total. The first-order chi connectivity index (χ1) is 10.8. The normalized spacial score (nSPS) is 17.7. The van der Waals surface area contributed by atoms with Gasteiger partial charge in [-0.25, -0.2) is 0 Å². The molecule has 0 saturated carbocycles. The molecule has 2 aromatic rings. The van der Waals surface area contributed by atoms with E-state index in [2.05, 4.69) is 16.0 Å². The van der Waals surface area contributed by atoms with E-state index in [1.807, 2.05) is 54.6 Å². The van der Waals surface area contributed by atoms with E-state index >= 15 is 0 Å². The number of benzene rings is 2. The maximum absolute atomic E-state index is 12.5. The summed E-state index contributed by atoms with van der Waals surface area (Å²) in [5, 5.41) is 9.75. The molecular weight excluding hydrogens is 274 g/mol. The van der Waals surface area contributed by atoms with Gasteiger partial charge in [0.2, 0.25) is 0 Å². The maximum Gasteiger partial charge on any atom is 0.253 e. The topological polar surface area (TPSA) is 53.2 Å². The van der Waals surface area contributed by atoms with E-state index in [0.29, 0.717) is 5.56 Å². The van der Waals surface area contributed by atoms with E-state index in [0.717, 1.165) is 37.3 Å². The first-order valence-corrected chi connectivity index (χ1v) is 7.75. The lowest BCUT2D eigenvalue weighted by Gasteiger charge is -2.24. The van der Waals surface area contributed by atoms with E-state index in [1.54, 1.807) is 0 Å². The molecule has 1 saturated heterocycles. The lowest BCUT2D eigenvalue weighted by molar-refractivity contribution is 0.0931. The number of piperidine rings is 1. The third-order valence-electron chi connectivity index (χ3n) is 3.86. The molecule has 0 aliphatic carbocycles. The van der Waals surface area contributed by atoms with Gasteiger partial charge in [-0.15, -0.1) is 0 Å². The molecule has 0 bridgehead atoms. The summed E-state index contributed by atoms with van der Waals surface area (Å²) in [6.45, 7) is 1.89. The number of nitrogens with one attached hydrogen (secondary N) is 3. The van der Waals surface area contributed by atoms with E-state index in [4.69, 9.17) is 0 Å². The summed E-state index contributed by atoms with van der Waals surface area (Å²) in [6.07, 6.45) is 2.14. The van der Waals surface area contributed by atoms with Crippen LogP contribution in [0.25, 0.3) is 0 Å². The number of para-hydroxylation sites is 2. The number of amides is 1. The van der Waals surface area contributed by atoms with Crippen molar-refractivity contribution in [2.75, 3.05) is 18.4 Å². The highest BCUT2D eigenvalue weighted by Crippen LogP contribution is 2.21. The van der Waals surface area contributed by atoms with Gasteiger partial charge in [-0.2, -0.15) is 0 Å². The molecule has 4 heteroatoms. The van der Waals surface area contributed by atoms with Crippen LogP contribution in [0, 0.1) is 0 Å². The summed E-state index contributed by atoms with van der Waals surface area (Å²) in [6, 6.07) is 17.7. The fraction of sp³-hybridized carbons (Fsp3) is 0.278. The molecule has 3 N–H and O–H groups in total. The van der Waals surface area contributed by atoms with Crippen molar-refractivity contribution in [1.82, 2.24) is 10.6 Å². The molecule has 0 radical (unpaired) electrons. The number of carbonyl (C=O) groups excluding carboxylic acids is 1. The van der Waals surface area contributed by atoms with E-state index in [1.165, 1.54) is 0 Å². The van der Waals surface area contributed by atoms with Crippen molar-refractivity contribution in [3.8, 4) is 0 Å². The van der Waals surface area contributed by atoms with Gasteiger partial charge in [0.05, 0.1) is 11.3 Å². The van der Waals surface area contributed by atoms with Gasteiger partial charge < -0.3 is 16.0 Å². The third kappa shape index (κ3) is 3.65. The van der Waals surface area contributed by atoms with E-state index in [-0.39, 0.29) is 11.9 Å². The van der Waals surface area contributed by atoms with Crippen LogP contribution in [0.1, 0.15) is 23.2 Å². The van der Waals surface area contributed by atoms with Gasteiger partial charge in [0.15, 0.2) is 0 Å². The summed E-state index contributed by atoms with van der Waals surface area (Å²) >= 11 is 0. The van der Waals surface area contributed by atoms with Crippen LogP contribution in [-0.2, 0) is 0 Å². The lowest BCUT2D eigenvalue weighted by atomic mass is 10.1. The van der Waals surface area contributed by atoms with Gasteiger partial charge in [0.25, 0.3) is 5.91 Å². The van der Waals surface area contributed by atoms with Crippen LogP contribution in [0.3, 0.4) is 0 Å². The number of carbonyl (C=O) groups is 1. The number of anilines is 2. The van der Waals surface area contributed by atoms with Crippen LogP contribution in [-0.4, -0.2) is 25.0 Å². The van der Waals surface area contributed by atoms with Crippen molar-refractivity contribution in [1.29, 1.82) is 0 Å². The molecule has 0 aromatic heterocycles. The van der Waals surface area contributed by atoms with Crippen molar-refractivity contribution < 1.29 is 4.79 Å². The molecule has 1 aliphatic heterocycles. The van der Waals surface area contributed by atoms with Gasteiger partial charge in [0, 0.05) is 18.3 Å². The highest BCUT2D eigenvalue weighted by atomic mass is 16.1.